The number of nitrogens with one attached hydrogen (secondary N) is 1. The van der Waals surface area contributed by atoms with Crippen molar-refractivity contribution in [3.05, 3.63) is 42.5 Å². The van der Waals surface area contributed by atoms with Crippen LogP contribution in [0, 0.1) is 0 Å². The van der Waals surface area contributed by atoms with E-state index in [-0.39, 0.29) is 5.75 Å². The van der Waals surface area contributed by atoms with Crippen LogP contribution in [0.3, 0.4) is 0 Å². The third kappa shape index (κ3) is 3.11. The van der Waals surface area contributed by atoms with E-state index in [9.17, 15) is 5.11 Å². The van der Waals surface area contributed by atoms with Gasteiger partial charge in [0.15, 0.2) is 23.1 Å². The monoisotopic (exact) mass is 311 g/mol. The zero-order valence-corrected chi connectivity index (χ0v) is 12.9. The number of benzene rings is 2. The summed E-state index contributed by atoms with van der Waals surface area (Å²) in [4.78, 5) is 4.47. The van der Waals surface area contributed by atoms with Crippen molar-refractivity contribution in [1.82, 2.24) is 15.2 Å². The fraction of sp³-hybridized carbons (Fsp3) is 0.176. The van der Waals surface area contributed by atoms with Crippen molar-refractivity contribution in [2.24, 2.45) is 0 Å². The van der Waals surface area contributed by atoms with Gasteiger partial charge in [0.1, 0.15) is 5.75 Å². The first kappa shape index (κ1) is 14.9. The standard InChI is InChI=1S/C17H17N3O3/c1-3-23-15-10-12(7-8-14(15)22-2)17-18-16(19-20-17)11-5-4-6-13(21)9-11/h4-10,21H,3H2,1-2H3,(H,18,19,20). The number of phenolic OH excluding ortho intramolecular Hbond substituents is 1. The Morgan fingerprint density at radius 2 is 1.96 bits per heavy atom. The van der Waals surface area contributed by atoms with E-state index >= 15 is 0 Å². The average molecular weight is 311 g/mol. The van der Waals surface area contributed by atoms with Crippen LogP contribution in [0.25, 0.3) is 22.8 Å². The van der Waals surface area contributed by atoms with Gasteiger partial charge in [-0.2, -0.15) is 5.10 Å². The Labute approximate surface area is 133 Å². The minimum atomic E-state index is 0.178. The van der Waals surface area contributed by atoms with Gasteiger partial charge in [0, 0.05) is 11.1 Å². The summed E-state index contributed by atoms with van der Waals surface area (Å²) in [6, 6.07) is 12.4. The summed E-state index contributed by atoms with van der Waals surface area (Å²) < 4.78 is 10.9. The van der Waals surface area contributed by atoms with E-state index in [1.165, 1.54) is 0 Å². The minimum Gasteiger partial charge on any atom is -0.508 e. The first-order valence-electron chi connectivity index (χ1n) is 7.24. The van der Waals surface area contributed by atoms with Crippen molar-refractivity contribution in [3.8, 4) is 40.0 Å². The lowest BCUT2D eigenvalue weighted by molar-refractivity contribution is 0.311. The molecule has 6 nitrogen and oxygen atoms in total. The molecule has 118 valence electrons. The second kappa shape index (κ2) is 6.39. The molecule has 23 heavy (non-hydrogen) atoms. The van der Waals surface area contributed by atoms with Gasteiger partial charge in [-0.25, -0.2) is 4.98 Å². The molecular formula is C17H17N3O3. The van der Waals surface area contributed by atoms with E-state index in [4.69, 9.17) is 9.47 Å². The van der Waals surface area contributed by atoms with Crippen LogP contribution in [-0.2, 0) is 0 Å². The molecule has 0 aliphatic heterocycles. The summed E-state index contributed by atoms with van der Waals surface area (Å²) in [7, 11) is 1.60. The maximum atomic E-state index is 9.56. The van der Waals surface area contributed by atoms with Gasteiger partial charge in [-0.3, -0.25) is 5.10 Å². The largest absolute Gasteiger partial charge is 0.508 e. The quantitative estimate of drug-likeness (QED) is 0.756. The Morgan fingerprint density at radius 1 is 1.09 bits per heavy atom. The second-order valence-electron chi connectivity index (χ2n) is 4.86. The van der Waals surface area contributed by atoms with Gasteiger partial charge in [0.05, 0.1) is 13.7 Å². The lowest BCUT2D eigenvalue weighted by atomic mass is 10.2. The van der Waals surface area contributed by atoms with E-state index in [1.54, 1.807) is 25.3 Å². The third-order valence-corrected chi connectivity index (χ3v) is 3.33. The minimum absolute atomic E-state index is 0.178. The van der Waals surface area contributed by atoms with Crippen LogP contribution in [0.5, 0.6) is 17.2 Å². The summed E-state index contributed by atoms with van der Waals surface area (Å²) >= 11 is 0. The van der Waals surface area contributed by atoms with Crippen molar-refractivity contribution < 1.29 is 14.6 Å². The molecule has 6 heteroatoms. The number of aromatic nitrogens is 3. The molecule has 0 aliphatic rings. The summed E-state index contributed by atoms with van der Waals surface area (Å²) in [5, 5.41) is 16.7. The first-order valence-corrected chi connectivity index (χ1v) is 7.24. The fourth-order valence-corrected chi connectivity index (χ4v) is 2.26. The van der Waals surface area contributed by atoms with E-state index in [0.717, 1.165) is 11.1 Å². The molecule has 3 aromatic rings. The molecule has 0 fully saturated rings. The average Bonchev–Trinajstić information content (AvgIpc) is 3.05. The number of hydrogen-bond acceptors (Lipinski definition) is 5. The van der Waals surface area contributed by atoms with Crippen molar-refractivity contribution in [2.45, 2.75) is 6.92 Å². The molecule has 0 radical (unpaired) electrons. The van der Waals surface area contributed by atoms with Crippen molar-refractivity contribution >= 4 is 0 Å². The molecule has 1 heterocycles. The van der Waals surface area contributed by atoms with Gasteiger partial charge in [-0.15, -0.1) is 0 Å². The van der Waals surface area contributed by atoms with E-state index in [1.807, 2.05) is 31.2 Å². The molecule has 0 saturated heterocycles. The summed E-state index contributed by atoms with van der Waals surface area (Å²) in [5.41, 5.74) is 1.58. The number of ether oxygens (including phenoxy) is 2. The molecule has 0 spiro atoms. The number of H-pyrrole nitrogens is 1. The van der Waals surface area contributed by atoms with Crippen LogP contribution >= 0.6 is 0 Å². The predicted octanol–water partition coefficient (Wildman–Crippen LogP) is 3.25. The highest BCUT2D eigenvalue weighted by Crippen LogP contribution is 2.32. The molecule has 3 rings (SSSR count). The molecule has 0 amide bonds. The van der Waals surface area contributed by atoms with Gasteiger partial charge in [-0.1, -0.05) is 12.1 Å². The number of rotatable bonds is 5. The van der Waals surface area contributed by atoms with Gasteiger partial charge in [0.25, 0.3) is 0 Å². The topological polar surface area (TPSA) is 80.3 Å². The predicted molar refractivity (Wildman–Crippen MR) is 86.6 cm³/mol. The highest BCUT2D eigenvalue weighted by Gasteiger charge is 2.11. The maximum Gasteiger partial charge on any atom is 0.181 e. The SMILES string of the molecule is CCOc1cc(-c2nc(-c3cccc(O)c3)n[nH]2)ccc1OC. The smallest absolute Gasteiger partial charge is 0.181 e. The number of nitrogens with zero attached hydrogens (tertiary/aromatic N) is 2. The number of aromatic hydroxyl groups is 1. The van der Waals surface area contributed by atoms with Crippen LogP contribution in [0.4, 0.5) is 0 Å². The number of aromatic amines is 1. The second-order valence-corrected chi connectivity index (χ2v) is 4.86. The Morgan fingerprint density at radius 3 is 2.70 bits per heavy atom. The van der Waals surface area contributed by atoms with Gasteiger partial charge >= 0.3 is 0 Å². The molecule has 0 bridgehead atoms. The summed E-state index contributed by atoms with van der Waals surface area (Å²) in [6.45, 7) is 2.46. The molecule has 0 aliphatic carbocycles. The Bertz CT molecular complexity index is 814. The zero-order valence-electron chi connectivity index (χ0n) is 12.9. The molecule has 0 saturated carbocycles. The maximum absolute atomic E-state index is 9.56. The molecule has 2 aromatic carbocycles. The number of hydrogen-bond donors (Lipinski definition) is 2. The first-order chi connectivity index (χ1) is 11.2. The third-order valence-electron chi connectivity index (χ3n) is 3.33. The van der Waals surface area contributed by atoms with Crippen LogP contribution in [-0.4, -0.2) is 34.0 Å². The van der Waals surface area contributed by atoms with E-state index < -0.39 is 0 Å². The van der Waals surface area contributed by atoms with Gasteiger partial charge < -0.3 is 14.6 Å². The zero-order chi connectivity index (χ0) is 16.2. The normalized spacial score (nSPS) is 10.5. The van der Waals surface area contributed by atoms with Crippen LogP contribution < -0.4 is 9.47 Å². The molecule has 0 atom stereocenters. The lowest BCUT2D eigenvalue weighted by Gasteiger charge is -2.09. The fourth-order valence-electron chi connectivity index (χ4n) is 2.26. The summed E-state index contributed by atoms with van der Waals surface area (Å²) in [6.07, 6.45) is 0. The Hall–Kier alpha value is -3.02. The Balaban J connectivity index is 1.95. The molecule has 2 N–H and O–H groups in total. The molecular weight excluding hydrogens is 294 g/mol. The van der Waals surface area contributed by atoms with Crippen LogP contribution in [0.15, 0.2) is 42.5 Å². The van der Waals surface area contributed by atoms with Crippen molar-refractivity contribution in [2.75, 3.05) is 13.7 Å². The number of methoxy groups -OCH3 is 1. The highest BCUT2D eigenvalue weighted by atomic mass is 16.5. The van der Waals surface area contributed by atoms with E-state index in [0.29, 0.717) is 29.8 Å². The molecule has 1 aromatic heterocycles. The van der Waals surface area contributed by atoms with Crippen molar-refractivity contribution in [3.63, 3.8) is 0 Å². The lowest BCUT2D eigenvalue weighted by Crippen LogP contribution is -1.96. The van der Waals surface area contributed by atoms with Crippen molar-refractivity contribution in [1.29, 1.82) is 0 Å². The van der Waals surface area contributed by atoms with E-state index in [2.05, 4.69) is 15.2 Å². The van der Waals surface area contributed by atoms with Crippen LogP contribution in [0.1, 0.15) is 6.92 Å². The number of phenols is 1. The molecule has 0 unspecified atom stereocenters. The van der Waals surface area contributed by atoms with Gasteiger partial charge in [-0.05, 0) is 37.3 Å². The van der Waals surface area contributed by atoms with Crippen LogP contribution in [0.2, 0.25) is 0 Å². The Kier molecular flexibility index (Phi) is 4.14. The van der Waals surface area contributed by atoms with Gasteiger partial charge in [0.2, 0.25) is 0 Å². The highest BCUT2D eigenvalue weighted by molar-refractivity contribution is 5.64. The summed E-state index contributed by atoms with van der Waals surface area (Å²) in [5.74, 6) is 2.64.